The Morgan fingerprint density at radius 1 is 0.900 bits per heavy atom. The van der Waals surface area contributed by atoms with Crippen molar-refractivity contribution in [2.75, 3.05) is 6.54 Å². The molecule has 5 aromatic rings. The molecule has 0 aliphatic carbocycles. The molecule has 2 amide bonds. The van der Waals surface area contributed by atoms with Gasteiger partial charge in [-0.1, -0.05) is 115 Å². The summed E-state index contributed by atoms with van der Waals surface area (Å²) in [6.45, 7) is 7.94. The van der Waals surface area contributed by atoms with Crippen molar-refractivity contribution in [2.45, 2.75) is 67.8 Å². The van der Waals surface area contributed by atoms with Crippen LogP contribution in [-0.4, -0.2) is 56.3 Å². The lowest BCUT2D eigenvalue weighted by molar-refractivity contribution is -0.140. The highest BCUT2D eigenvalue weighted by atomic mass is 32.2. The van der Waals surface area contributed by atoms with Crippen LogP contribution in [0.1, 0.15) is 61.2 Å². The van der Waals surface area contributed by atoms with E-state index in [1.54, 1.807) is 23.1 Å². The van der Waals surface area contributed by atoms with Gasteiger partial charge in [0.15, 0.2) is 0 Å². The summed E-state index contributed by atoms with van der Waals surface area (Å²) in [6, 6.07) is 36.8. The number of carbonyl (C=O) groups is 2. The minimum atomic E-state index is -0.983. The molecule has 4 N–H and O–H groups in total. The number of aryl methyl sites for hydroxylation is 1. The van der Waals surface area contributed by atoms with Crippen LogP contribution in [0.25, 0.3) is 10.4 Å². The average molecular weight is 705 g/mol. The minimum Gasteiger partial charge on any atom is -0.391 e. The topological polar surface area (TPSA) is 109 Å². The maximum atomic E-state index is 14.4. The van der Waals surface area contributed by atoms with Gasteiger partial charge in [0.1, 0.15) is 6.04 Å². The number of thiazole rings is 1. The summed E-state index contributed by atoms with van der Waals surface area (Å²) < 4.78 is -1.52. The third-order valence-corrected chi connectivity index (χ3v) is 12.4. The Kier molecular flexibility index (Phi) is 10.6. The summed E-state index contributed by atoms with van der Waals surface area (Å²) in [5, 5.41) is 13.8. The number of hydrogen-bond donors (Lipinski definition) is 3. The molecular formula is C41H44N4O3S2. The lowest BCUT2D eigenvalue weighted by Crippen LogP contribution is -2.57. The van der Waals surface area contributed by atoms with Crippen LogP contribution in [0.15, 0.2) is 121 Å². The number of amides is 2. The second-order valence-corrected chi connectivity index (χ2v) is 16.2. The van der Waals surface area contributed by atoms with Gasteiger partial charge in [-0.3, -0.25) is 9.59 Å². The lowest BCUT2D eigenvalue weighted by Gasteiger charge is -2.44. The first-order chi connectivity index (χ1) is 24.0. The molecule has 4 aromatic carbocycles. The van der Waals surface area contributed by atoms with Gasteiger partial charge in [0, 0.05) is 17.7 Å². The fraction of sp³-hybridized carbons (Fsp3) is 0.293. The molecule has 1 saturated heterocycles. The van der Waals surface area contributed by atoms with Gasteiger partial charge >= 0.3 is 0 Å². The molecule has 0 spiro atoms. The molecule has 50 heavy (non-hydrogen) atoms. The number of aliphatic hydroxyl groups excluding tert-OH is 1. The van der Waals surface area contributed by atoms with Crippen LogP contribution in [0.3, 0.4) is 0 Å². The number of hydrogen-bond acceptors (Lipinski definition) is 7. The van der Waals surface area contributed by atoms with Crippen molar-refractivity contribution < 1.29 is 14.7 Å². The summed E-state index contributed by atoms with van der Waals surface area (Å²) in [4.78, 5) is 35.1. The smallest absolute Gasteiger partial charge is 0.243 e. The number of aliphatic hydroxyl groups is 1. The van der Waals surface area contributed by atoms with Gasteiger partial charge in [-0.25, -0.2) is 4.98 Å². The summed E-state index contributed by atoms with van der Waals surface area (Å²) in [6.07, 6.45) is -0.678. The fourth-order valence-corrected chi connectivity index (χ4v) is 9.42. The summed E-state index contributed by atoms with van der Waals surface area (Å²) in [5.41, 5.74) is 15.0. The number of nitrogens with zero attached hydrogens (tertiary/aromatic N) is 2. The molecule has 2 heterocycles. The van der Waals surface area contributed by atoms with Crippen molar-refractivity contribution in [2.24, 2.45) is 5.73 Å². The van der Waals surface area contributed by atoms with Crippen LogP contribution in [0.5, 0.6) is 0 Å². The zero-order chi connectivity index (χ0) is 35.5. The lowest BCUT2D eigenvalue weighted by atomic mass is 9.84. The van der Waals surface area contributed by atoms with E-state index in [4.69, 9.17) is 5.73 Å². The number of aromatic nitrogens is 1. The SMILES string of the molecule is Cc1ncsc1-c1ccc([C@H](C)NC(=O)[C@H]2C[C@@H](O)CN2C(=O)C(N)C(C)(C)SC(c2ccccc2)(c2ccccc2)c2ccccc2)cc1. The van der Waals surface area contributed by atoms with Crippen molar-refractivity contribution in [1.82, 2.24) is 15.2 Å². The predicted molar refractivity (Wildman–Crippen MR) is 204 cm³/mol. The highest BCUT2D eigenvalue weighted by Crippen LogP contribution is 2.54. The highest BCUT2D eigenvalue weighted by Gasteiger charge is 2.49. The highest BCUT2D eigenvalue weighted by molar-refractivity contribution is 8.02. The number of carbonyl (C=O) groups excluding carboxylic acids is 2. The molecule has 258 valence electrons. The Bertz CT molecular complexity index is 1800. The number of benzene rings is 4. The molecule has 9 heteroatoms. The largest absolute Gasteiger partial charge is 0.391 e. The minimum absolute atomic E-state index is 0.0455. The molecule has 1 fully saturated rings. The number of likely N-dealkylation sites (tertiary alicyclic amines) is 1. The Morgan fingerprint density at radius 2 is 1.42 bits per heavy atom. The number of rotatable bonds is 11. The molecular weight excluding hydrogens is 661 g/mol. The second-order valence-electron chi connectivity index (χ2n) is 13.5. The van der Waals surface area contributed by atoms with Crippen LogP contribution in [0.2, 0.25) is 0 Å². The molecule has 0 saturated carbocycles. The van der Waals surface area contributed by atoms with Gasteiger partial charge in [-0.05, 0) is 55.5 Å². The maximum absolute atomic E-state index is 14.4. The molecule has 1 aromatic heterocycles. The van der Waals surface area contributed by atoms with E-state index in [1.165, 1.54) is 4.90 Å². The predicted octanol–water partition coefficient (Wildman–Crippen LogP) is 7.09. The molecule has 0 bridgehead atoms. The van der Waals surface area contributed by atoms with Crippen LogP contribution in [0.4, 0.5) is 0 Å². The van der Waals surface area contributed by atoms with Crippen LogP contribution in [-0.2, 0) is 14.3 Å². The van der Waals surface area contributed by atoms with Crippen LogP contribution < -0.4 is 11.1 Å². The molecule has 6 rings (SSSR count). The molecule has 1 aliphatic rings. The van der Waals surface area contributed by atoms with E-state index in [9.17, 15) is 14.7 Å². The first-order valence-corrected chi connectivity index (χ1v) is 18.6. The fourth-order valence-electron chi connectivity index (χ4n) is 6.83. The Labute approximate surface area is 303 Å². The van der Waals surface area contributed by atoms with Crippen molar-refractivity contribution in [3.05, 3.63) is 149 Å². The summed E-state index contributed by atoms with van der Waals surface area (Å²) in [5.74, 6) is -0.672. The first kappa shape index (κ1) is 35.5. The standard InChI is InChI=1S/C41H44N4O3S2/c1-27(29-20-22-30(23-21-29)36-28(2)43-26-49-36)44-38(47)35-24-34(46)25-45(35)39(48)37(42)40(3,4)50-41(31-14-8-5-9-15-31,32-16-10-6-11-17-32)33-18-12-7-13-19-33/h5-23,26-27,34-35,37,46H,24-25,42H2,1-4H3,(H,44,47)/t27-,34+,35+,37?/m0/s1. The number of nitrogens with one attached hydrogen (secondary N) is 1. The van der Waals surface area contributed by atoms with E-state index in [0.717, 1.165) is 38.4 Å². The molecule has 7 nitrogen and oxygen atoms in total. The maximum Gasteiger partial charge on any atom is 0.243 e. The van der Waals surface area contributed by atoms with Crippen molar-refractivity contribution >= 4 is 34.9 Å². The second kappa shape index (κ2) is 14.9. The molecule has 1 unspecified atom stereocenters. The number of thioether (sulfide) groups is 1. The summed E-state index contributed by atoms with van der Waals surface area (Å²) in [7, 11) is 0. The third-order valence-electron chi connectivity index (χ3n) is 9.61. The normalized spacial score (nSPS) is 17.7. The van der Waals surface area contributed by atoms with Crippen LogP contribution >= 0.6 is 23.1 Å². The van der Waals surface area contributed by atoms with Gasteiger partial charge in [-0.2, -0.15) is 0 Å². The molecule has 4 atom stereocenters. The van der Waals surface area contributed by atoms with Crippen molar-refractivity contribution in [3.63, 3.8) is 0 Å². The average Bonchev–Trinajstić information content (AvgIpc) is 3.76. The van der Waals surface area contributed by atoms with Gasteiger partial charge in [0.2, 0.25) is 11.8 Å². The van der Waals surface area contributed by atoms with E-state index >= 15 is 0 Å². The van der Waals surface area contributed by atoms with E-state index < -0.39 is 27.7 Å². The Balaban J connectivity index is 1.24. The van der Waals surface area contributed by atoms with Gasteiger partial charge in [0.05, 0.1) is 39.0 Å². The zero-order valence-electron chi connectivity index (χ0n) is 28.8. The monoisotopic (exact) mass is 704 g/mol. The van der Waals surface area contributed by atoms with Crippen molar-refractivity contribution in [1.29, 1.82) is 0 Å². The first-order valence-electron chi connectivity index (χ1n) is 16.9. The van der Waals surface area contributed by atoms with E-state index in [0.29, 0.717) is 0 Å². The number of nitrogens with two attached hydrogens (primary N) is 1. The van der Waals surface area contributed by atoms with Gasteiger partial charge < -0.3 is 21.1 Å². The quantitative estimate of drug-likeness (QED) is 0.127. The molecule has 1 aliphatic heterocycles. The van der Waals surface area contributed by atoms with Crippen LogP contribution in [0, 0.1) is 6.92 Å². The van der Waals surface area contributed by atoms with E-state index in [1.807, 2.05) is 112 Å². The molecule has 0 radical (unpaired) electrons. The number of β-amino-alcohol motifs (C(OH)–C–C–N with tert-alkyl or cyclic N) is 1. The van der Waals surface area contributed by atoms with Gasteiger partial charge in [0.25, 0.3) is 0 Å². The Hall–Kier alpha value is -4.28. The van der Waals surface area contributed by atoms with E-state index in [-0.39, 0.29) is 30.8 Å². The van der Waals surface area contributed by atoms with Crippen molar-refractivity contribution in [3.8, 4) is 10.4 Å². The van der Waals surface area contributed by atoms with E-state index in [2.05, 4.69) is 46.7 Å². The van der Waals surface area contributed by atoms with Gasteiger partial charge in [-0.15, -0.1) is 23.1 Å². The summed E-state index contributed by atoms with van der Waals surface area (Å²) >= 11 is 3.23. The Morgan fingerprint density at radius 3 is 1.90 bits per heavy atom. The third kappa shape index (κ3) is 7.14. The zero-order valence-corrected chi connectivity index (χ0v) is 30.5.